The first-order valence-corrected chi connectivity index (χ1v) is 8.02. The van der Waals surface area contributed by atoms with Crippen LogP contribution in [0.3, 0.4) is 0 Å². The lowest BCUT2D eigenvalue weighted by Crippen LogP contribution is -2.41. The second kappa shape index (κ2) is 6.43. The highest BCUT2D eigenvalue weighted by atomic mass is 32.1. The molecule has 1 fully saturated rings. The summed E-state index contributed by atoms with van der Waals surface area (Å²) in [4.78, 5) is 29.5. The molecule has 0 aromatic carbocycles. The maximum Gasteiger partial charge on any atom is 0.317 e. The number of nitrogens with one attached hydrogen (secondary N) is 1. The fourth-order valence-electron chi connectivity index (χ4n) is 2.78. The normalized spacial score (nSPS) is 21.5. The van der Waals surface area contributed by atoms with E-state index in [0.717, 1.165) is 17.1 Å². The van der Waals surface area contributed by atoms with Crippen molar-refractivity contribution in [1.82, 2.24) is 15.2 Å². The van der Waals surface area contributed by atoms with Crippen LogP contribution in [0.25, 0.3) is 0 Å². The van der Waals surface area contributed by atoms with Gasteiger partial charge < -0.3 is 15.3 Å². The zero-order valence-corrected chi connectivity index (χ0v) is 13.2. The SMILES string of the molecule is CCCC1(C(=O)O)CCN(C(=O)NCc2csc(C)n2)C1. The van der Waals surface area contributed by atoms with Gasteiger partial charge in [-0.15, -0.1) is 11.3 Å². The Morgan fingerprint density at radius 2 is 2.33 bits per heavy atom. The van der Waals surface area contributed by atoms with Crippen molar-refractivity contribution in [2.75, 3.05) is 13.1 Å². The number of urea groups is 1. The highest BCUT2D eigenvalue weighted by molar-refractivity contribution is 7.09. The number of thiazole rings is 1. The molecule has 7 heteroatoms. The Morgan fingerprint density at radius 3 is 2.90 bits per heavy atom. The van der Waals surface area contributed by atoms with Crippen LogP contribution in [0.15, 0.2) is 5.38 Å². The van der Waals surface area contributed by atoms with Gasteiger partial charge in [0, 0.05) is 18.5 Å². The summed E-state index contributed by atoms with van der Waals surface area (Å²) in [5.74, 6) is -0.797. The number of likely N-dealkylation sites (tertiary alicyclic amines) is 1. The van der Waals surface area contributed by atoms with Crippen molar-refractivity contribution in [3.63, 3.8) is 0 Å². The summed E-state index contributed by atoms with van der Waals surface area (Å²) in [7, 11) is 0. The number of amides is 2. The van der Waals surface area contributed by atoms with Crippen molar-refractivity contribution in [2.45, 2.75) is 39.7 Å². The highest BCUT2D eigenvalue weighted by Crippen LogP contribution is 2.35. The van der Waals surface area contributed by atoms with E-state index in [-0.39, 0.29) is 12.6 Å². The fraction of sp³-hybridized carbons (Fsp3) is 0.643. The molecule has 0 radical (unpaired) electrons. The number of aliphatic carboxylic acids is 1. The van der Waals surface area contributed by atoms with Crippen LogP contribution in [-0.4, -0.2) is 40.1 Å². The molecule has 2 amide bonds. The minimum Gasteiger partial charge on any atom is -0.481 e. The van der Waals surface area contributed by atoms with E-state index >= 15 is 0 Å². The average Bonchev–Trinajstić information content (AvgIpc) is 3.04. The monoisotopic (exact) mass is 311 g/mol. The van der Waals surface area contributed by atoms with Gasteiger partial charge in [-0.3, -0.25) is 4.79 Å². The number of rotatable bonds is 5. The third kappa shape index (κ3) is 3.53. The zero-order valence-electron chi connectivity index (χ0n) is 12.4. The lowest BCUT2D eigenvalue weighted by atomic mass is 9.83. The Kier molecular flexibility index (Phi) is 4.82. The number of hydrogen-bond donors (Lipinski definition) is 2. The van der Waals surface area contributed by atoms with Gasteiger partial charge in [0.25, 0.3) is 0 Å². The molecular formula is C14H21N3O3S. The second-order valence-electron chi connectivity index (χ2n) is 5.52. The number of aryl methyl sites for hydroxylation is 1. The molecule has 1 aromatic heterocycles. The number of nitrogens with zero attached hydrogens (tertiary/aromatic N) is 2. The van der Waals surface area contributed by atoms with Crippen molar-refractivity contribution in [3.8, 4) is 0 Å². The summed E-state index contributed by atoms with van der Waals surface area (Å²) in [5.41, 5.74) is 0.0617. The van der Waals surface area contributed by atoms with E-state index in [2.05, 4.69) is 10.3 Å². The summed E-state index contributed by atoms with van der Waals surface area (Å²) >= 11 is 1.54. The minimum atomic E-state index is -0.797. The van der Waals surface area contributed by atoms with Gasteiger partial charge in [-0.1, -0.05) is 13.3 Å². The van der Waals surface area contributed by atoms with Crippen molar-refractivity contribution in [2.24, 2.45) is 5.41 Å². The molecule has 0 spiro atoms. The van der Waals surface area contributed by atoms with Gasteiger partial charge in [-0.2, -0.15) is 0 Å². The summed E-state index contributed by atoms with van der Waals surface area (Å²) < 4.78 is 0. The molecule has 2 heterocycles. The van der Waals surface area contributed by atoms with Crippen LogP contribution in [0.5, 0.6) is 0 Å². The number of carboxylic acid groups (broad SMARTS) is 1. The fourth-order valence-corrected chi connectivity index (χ4v) is 3.39. The second-order valence-corrected chi connectivity index (χ2v) is 6.59. The lowest BCUT2D eigenvalue weighted by Gasteiger charge is -2.24. The van der Waals surface area contributed by atoms with Gasteiger partial charge in [0.2, 0.25) is 0 Å². The van der Waals surface area contributed by atoms with Crippen LogP contribution in [0, 0.1) is 12.3 Å². The topological polar surface area (TPSA) is 82.5 Å². The standard InChI is InChI=1S/C14H21N3O3S/c1-3-4-14(12(18)19)5-6-17(9-14)13(20)15-7-11-8-21-10(2)16-11/h8H,3-7,9H2,1-2H3,(H,15,20)(H,18,19). The average molecular weight is 311 g/mol. The van der Waals surface area contributed by atoms with E-state index in [1.54, 1.807) is 16.2 Å². The van der Waals surface area contributed by atoms with Crippen molar-refractivity contribution in [3.05, 3.63) is 16.1 Å². The van der Waals surface area contributed by atoms with Gasteiger partial charge in [-0.05, 0) is 19.8 Å². The predicted octanol–water partition coefficient (Wildman–Crippen LogP) is 2.24. The Hall–Kier alpha value is -1.63. The summed E-state index contributed by atoms with van der Waals surface area (Å²) in [5, 5.41) is 15.1. The number of carboxylic acids is 1. The molecule has 1 unspecified atom stereocenters. The van der Waals surface area contributed by atoms with Crippen LogP contribution >= 0.6 is 11.3 Å². The Labute approximate surface area is 128 Å². The predicted molar refractivity (Wildman–Crippen MR) is 80.3 cm³/mol. The van der Waals surface area contributed by atoms with Crippen LogP contribution in [0.2, 0.25) is 0 Å². The quantitative estimate of drug-likeness (QED) is 0.873. The Morgan fingerprint density at radius 1 is 1.57 bits per heavy atom. The van der Waals surface area contributed by atoms with Crippen LogP contribution in [0.4, 0.5) is 4.79 Å². The van der Waals surface area contributed by atoms with Gasteiger partial charge >= 0.3 is 12.0 Å². The van der Waals surface area contributed by atoms with Crippen LogP contribution < -0.4 is 5.32 Å². The van der Waals surface area contributed by atoms with Gasteiger partial charge in [-0.25, -0.2) is 9.78 Å². The lowest BCUT2D eigenvalue weighted by molar-refractivity contribution is -0.148. The smallest absolute Gasteiger partial charge is 0.317 e. The minimum absolute atomic E-state index is 0.208. The first-order valence-electron chi connectivity index (χ1n) is 7.14. The molecule has 1 aliphatic heterocycles. The van der Waals surface area contributed by atoms with E-state index in [0.29, 0.717) is 25.9 Å². The molecule has 0 saturated carbocycles. The summed E-state index contributed by atoms with van der Waals surface area (Å²) in [6.07, 6.45) is 1.94. The summed E-state index contributed by atoms with van der Waals surface area (Å²) in [6, 6.07) is -0.208. The molecule has 6 nitrogen and oxygen atoms in total. The Bertz CT molecular complexity index is 531. The molecule has 0 aliphatic carbocycles. The molecule has 1 aliphatic rings. The number of aromatic nitrogens is 1. The molecule has 1 saturated heterocycles. The first kappa shape index (κ1) is 15.8. The van der Waals surface area contributed by atoms with E-state index < -0.39 is 11.4 Å². The van der Waals surface area contributed by atoms with Gasteiger partial charge in [0.05, 0.1) is 22.7 Å². The van der Waals surface area contributed by atoms with Gasteiger partial charge in [0.1, 0.15) is 0 Å². The van der Waals surface area contributed by atoms with Crippen LogP contribution in [0.1, 0.15) is 36.9 Å². The molecule has 116 valence electrons. The Balaban J connectivity index is 1.91. The molecule has 2 rings (SSSR count). The van der Waals surface area contributed by atoms with E-state index in [1.165, 1.54) is 0 Å². The zero-order chi connectivity index (χ0) is 15.5. The van der Waals surface area contributed by atoms with Crippen molar-refractivity contribution >= 4 is 23.3 Å². The van der Waals surface area contributed by atoms with Crippen molar-refractivity contribution < 1.29 is 14.7 Å². The van der Waals surface area contributed by atoms with Crippen molar-refractivity contribution in [1.29, 1.82) is 0 Å². The van der Waals surface area contributed by atoms with E-state index in [9.17, 15) is 14.7 Å². The highest BCUT2D eigenvalue weighted by Gasteiger charge is 2.45. The summed E-state index contributed by atoms with van der Waals surface area (Å²) in [6.45, 7) is 5.06. The maximum atomic E-state index is 12.1. The number of carbonyl (C=O) groups is 2. The molecule has 2 N–H and O–H groups in total. The number of carbonyl (C=O) groups excluding carboxylic acids is 1. The first-order chi connectivity index (χ1) is 9.97. The van der Waals surface area contributed by atoms with E-state index in [4.69, 9.17) is 0 Å². The molecule has 1 atom stereocenters. The third-order valence-corrected chi connectivity index (χ3v) is 4.73. The number of hydrogen-bond acceptors (Lipinski definition) is 4. The maximum absolute atomic E-state index is 12.1. The molecule has 21 heavy (non-hydrogen) atoms. The molecule has 0 bridgehead atoms. The van der Waals surface area contributed by atoms with Gasteiger partial charge in [0.15, 0.2) is 0 Å². The third-order valence-electron chi connectivity index (χ3n) is 3.91. The van der Waals surface area contributed by atoms with E-state index in [1.807, 2.05) is 19.2 Å². The van der Waals surface area contributed by atoms with Crippen LogP contribution in [-0.2, 0) is 11.3 Å². The molecular weight excluding hydrogens is 290 g/mol. The molecule has 1 aromatic rings. The largest absolute Gasteiger partial charge is 0.481 e.